The molecule has 2 N–H and O–H groups in total. The van der Waals surface area contributed by atoms with E-state index >= 15 is 0 Å². The third-order valence-electron chi connectivity index (χ3n) is 3.56. The van der Waals surface area contributed by atoms with E-state index in [-0.39, 0.29) is 0 Å². The second kappa shape index (κ2) is 7.60. The predicted molar refractivity (Wildman–Crippen MR) is 84.5 cm³/mol. The van der Waals surface area contributed by atoms with Crippen molar-refractivity contribution in [3.8, 4) is 0 Å². The molecule has 3 heteroatoms. The van der Waals surface area contributed by atoms with Gasteiger partial charge in [0.05, 0.1) is 5.56 Å². The van der Waals surface area contributed by atoms with E-state index in [1.807, 2.05) is 30.3 Å². The quantitative estimate of drug-likeness (QED) is 0.817. The van der Waals surface area contributed by atoms with E-state index in [0.29, 0.717) is 11.6 Å². The van der Waals surface area contributed by atoms with Crippen LogP contribution in [0.2, 0.25) is 0 Å². The van der Waals surface area contributed by atoms with Gasteiger partial charge >= 0.3 is 5.97 Å². The normalized spacial score (nSPS) is 12.0. The van der Waals surface area contributed by atoms with Crippen LogP contribution in [0.5, 0.6) is 0 Å². The molecule has 0 aliphatic heterocycles. The molecule has 110 valence electrons. The molecule has 1 unspecified atom stereocenters. The standard InChI is InChI=1S/C18H21NO2/c1-14(19-13-16-5-3-2-4-6-16)7-8-15-9-11-17(12-10-15)18(20)21/h2-6,9-12,14,19H,7-8,13H2,1H3,(H,20,21). The lowest BCUT2D eigenvalue weighted by Gasteiger charge is -2.14. The zero-order valence-electron chi connectivity index (χ0n) is 12.3. The lowest BCUT2D eigenvalue weighted by atomic mass is 10.0. The first kappa shape index (κ1) is 15.3. The number of aryl methyl sites for hydroxylation is 1. The summed E-state index contributed by atoms with van der Waals surface area (Å²) in [5.74, 6) is -0.876. The van der Waals surface area contributed by atoms with Crippen LogP contribution in [0.25, 0.3) is 0 Å². The van der Waals surface area contributed by atoms with E-state index in [2.05, 4.69) is 24.4 Å². The van der Waals surface area contributed by atoms with Crippen molar-refractivity contribution in [1.82, 2.24) is 5.32 Å². The number of rotatable bonds is 7. The second-order valence-electron chi connectivity index (χ2n) is 5.31. The smallest absolute Gasteiger partial charge is 0.335 e. The number of carbonyl (C=O) groups is 1. The van der Waals surface area contributed by atoms with Crippen molar-refractivity contribution in [2.24, 2.45) is 0 Å². The Kier molecular flexibility index (Phi) is 5.52. The fourth-order valence-corrected chi connectivity index (χ4v) is 2.19. The first-order valence-electron chi connectivity index (χ1n) is 7.24. The maximum Gasteiger partial charge on any atom is 0.335 e. The highest BCUT2D eigenvalue weighted by atomic mass is 16.4. The van der Waals surface area contributed by atoms with Crippen LogP contribution in [0.4, 0.5) is 0 Å². The number of nitrogens with one attached hydrogen (secondary N) is 1. The highest BCUT2D eigenvalue weighted by Crippen LogP contribution is 2.09. The first-order valence-corrected chi connectivity index (χ1v) is 7.24. The zero-order valence-corrected chi connectivity index (χ0v) is 12.3. The summed E-state index contributed by atoms with van der Waals surface area (Å²) < 4.78 is 0. The highest BCUT2D eigenvalue weighted by molar-refractivity contribution is 5.87. The van der Waals surface area contributed by atoms with Crippen LogP contribution in [-0.2, 0) is 13.0 Å². The van der Waals surface area contributed by atoms with Crippen LogP contribution < -0.4 is 5.32 Å². The topological polar surface area (TPSA) is 49.3 Å². The molecule has 1 atom stereocenters. The summed E-state index contributed by atoms with van der Waals surface area (Å²) >= 11 is 0. The molecule has 0 aliphatic carbocycles. The van der Waals surface area contributed by atoms with Crippen molar-refractivity contribution < 1.29 is 9.90 Å². The summed E-state index contributed by atoms with van der Waals surface area (Å²) in [5, 5.41) is 12.4. The molecule has 2 aromatic carbocycles. The Morgan fingerprint density at radius 3 is 2.33 bits per heavy atom. The molecule has 0 radical (unpaired) electrons. The summed E-state index contributed by atoms with van der Waals surface area (Å²) in [4.78, 5) is 10.8. The number of carboxylic acids is 1. The molecule has 3 nitrogen and oxygen atoms in total. The molecule has 0 saturated carbocycles. The molecule has 0 amide bonds. The van der Waals surface area contributed by atoms with E-state index in [0.717, 1.165) is 19.4 Å². The van der Waals surface area contributed by atoms with Crippen LogP contribution in [0, 0.1) is 0 Å². The summed E-state index contributed by atoms with van der Waals surface area (Å²) in [6, 6.07) is 17.9. The third-order valence-corrected chi connectivity index (χ3v) is 3.56. The number of carboxylic acid groups (broad SMARTS) is 1. The van der Waals surface area contributed by atoms with Crippen molar-refractivity contribution in [2.45, 2.75) is 32.4 Å². The van der Waals surface area contributed by atoms with Crippen molar-refractivity contribution in [3.63, 3.8) is 0 Å². The van der Waals surface area contributed by atoms with Gasteiger partial charge in [-0.1, -0.05) is 42.5 Å². The van der Waals surface area contributed by atoms with Crippen molar-refractivity contribution >= 4 is 5.97 Å². The molecule has 21 heavy (non-hydrogen) atoms. The van der Waals surface area contributed by atoms with Crippen LogP contribution in [0.3, 0.4) is 0 Å². The van der Waals surface area contributed by atoms with Gasteiger partial charge in [-0.25, -0.2) is 4.79 Å². The Balaban J connectivity index is 1.75. The minimum absolute atomic E-state index is 0.342. The Hall–Kier alpha value is -2.13. The first-order chi connectivity index (χ1) is 10.1. The maximum atomic E-state index is 10.8. The minimum Gasteiger partial charge on any atom is -0.478 e. The average molecular weight is 283 g/mol. The van der Waals surface area contributed by atoms with Crippen molar-refractivity contribution in [3.05, 3.63) is 71.3 Å². The maximum absolute atomic E-state index is 10.8. The van der Waals surface area contributed by atoms with E-state index in [9.17, 15) is 4.79 Å². The average Bonchev–Trinajstić information content (AvgIpc) is 2.52. The molecular weight excluding hydrogens is 262 g/mol. The minimum atomic E-state index is -0.876. The summed E-state index contributed by atoms with van der Waals surface area (Å²) in [6.45, 7) is 3.05. The summed E-state index contributed by atoms with van der Waals surface area (Å²) in [7, 11) is 0. The van der Waals surface area contributed by atoms with Gasteiger partial charge in [-0.3, -0.25) is 0 Å². The fourth-order valence-electron chi connectivity index (χ4n) is 2.19. The van der Waals surface area contributed by atoms with Crippen molar-refractivity contribution in [1.29, 1.82) is 0 Å². The molecule has 0 bridgehead atoms. The lowest BCUT2D eigenvalue weighted by Crippen LogP contribution is -2.25. The fraction of sp³-hybridized carbons (Fsp3) is 0.278. The van der Waals surface area contributed by atoms with E-state index < -0.39 is 5.97 Å². The number of hydrogen-bond acceptors (Lipinski definition) is 2. The molecule has 0 saturated heterocycles. The van der Waals surface area contributed by atoms with Gasteiger partial charge in [0, 0.05) is 12.6 Å². The third kappa shape index (κ3) is 5.04. The van der Waals surface area contributed by atoms with Crippen LogP contribution in [0.15, 0.2) is 54.6 Å². The molecule has 0 heterocycles. The monoisotopic (exact) mass is 283 g/mol. The van der Waals surface area contributed by atoms with Crippen LogP contribution in [0.1, 0.15) is 34.8 Å². The van der Waals surface area contributed by atoms with Gasteiger partial charge in [-0.2, -0.15) is 0 Å². The largest absolute Gasteiger partial charge is 0.478 e. The van der Waals surface area contributed by atoms with E-state index in [4.69, 9.17) is 5.11 Å². The highest BCUT2D eigenvalue weighted by Gasteiger charge is 2.04. The van der Waals surface area contributed by atoms with Gasteiger partial charge in [-0.05, 0) is 43.0 Å². The number of benzene rings is 2. The molecule has 0 aromatic heterocycles. The molecule has 0 fully saturated rings. The van der Waals surface area contributed by atoms with Gasteiger partial charge in [0.1, 0.15) is 0 Å². The SMILES string of the molecule is CC(CCc1ccc(C(=O)O)cc1)NCc1ccccc1. The number of aromatic carboxylic acids is 1. The van der Waals surface area contributed by atoms with Gasteiger partial charge in [0.25, 0.3) is 0 Å². The molecule has 0 aliphatic rings. The lowest BCUT2D eigenvalue weighted by molar-refractivity contribution is 0.0697. The zero-order chi connectivity index (χ0) is 15.1. The van der Waals surface area contributed by atoms with Gasteiger partial charge in [0.2, 0.25) is 0 Å². The Morgan fingerprint density at radius 1 is 1.05 bits per heavy atom. The Bertz CT molecular complexity index is 564. The Morgan fingerprint density at radius 2 is 1.71 bits per heavy atom. The summed E-state index contributed by atoms with van der Waals surface area (Å²) in [5.41, 5.74) is 2.80. The molecule has 2 rings (SSSR count). The predicted octanol–water partition coefficient (Wildman–Crippen LogP) is 3.50. The van der Waals surface area contributed by atoms with Gasteiger partial charge < -0.3 is 10.4 Å². The number of hydrogen-bond donors (Lipinski definition) is 2. The second-order valence-corrected chi connectivity index (χ2v) is 5.31. The van der Waals surface area contributed by atoms with E-state index in [1.54, 1.807) is 12.1 Å². The van der Waals surface area contributed by atoms with Gasteiger partial charge in [-0.15, -0.1) is 0 Å². The molecular formula is C18H21NO2. The van der Waals surface area contributed by atoms with Crippen molar-refractivity contribution in [2.75, 3.05) is 0 Å². The molecule has 2 aromatic rings. The molecule has 0 spiro atoms. The van der Waals surface area contributed by atoms with Crippen LogP contribution in [-0.4, -0.2) is 17.1 Å². The summed E-state index contributed by atoms with van der Waals surface area (Å²) in [6.07, 6.45) is 1.97. The van der Waals surface area contributed by atoms with E-state index in [1.165, 1.54) is 11.1 Å². The Labute approximate surface area is 125 Å². The van der Waals surface area contributed by atoms with Gasteiger partial charge in [0.15, 0.2) is 0 Å². The van der Waals surface area contributed by atoms with Crippen LogP contribution >= 0.6 is 0 Å².